The maximum atomic E-state index is 5.93. The van der Waals surface area contributed by atoms with Gasteiger partial charge in [0.15, 0.2) is 0 Å². The van der Waals surface area contributed by atoms with E-state index in [1.54, 1.807) is 0 Å². The number of hydrogen-bond acceptors (Lipinski definition) is 5. The number of nitrogen functional groups attached to an aromatic ring is 2. The average Bonchev–Trinajstić information content (AvgIpc) is 2.44. The lowest BCUT2D eigenvalue weighted by molar-refractivity contribution is 0.310. The van der Waals surface area contributed by atoms with Crippen molar-refractivity contribution in [3.63, 3.8) is 0 Å². The summed E-state index contributed by atoms with van der Waals surface area (Å²) < 4.78 is 6.87. The van der Waals surface area contributed by atoms with E-state index in [1.807, 2.05) is 42.5 Å². The summed E-state index contributed by atoms with van der Waals surface area (Å²) in [4.78, 5) is 8.15. The smallest absolute Gasteiger partial charge is 0.222 e. The molecule has 0 unspecified atom stereocenters. The van der Waals surface area contributed by atoms with Crippen molar-refractivity contribution >= 4 is 38.6 Å². The third-order valence-electron chi connectivity index (χ3n) is 3.01. The summed E-state index contributed by atoms with van der Waals surface area (Å²) in [5.41, 5.74) is 13.3. The molecule has 5 nitrogen and oxygen atoms in total. The van der Waals surface area contributed by atoms with Crippen molar-refractivity contribution in [3.05, 3.63) is 52.5 Å². The van der Waals surface area contributed by atoms with Crippen molar-refractivity contribution in [3.8, 4) is 5.75 Å². The van der Waals surface area contributed by atoms with Crippen LogP contribution in [0.25, 0.3) is 10.9 Å². The predicted molar refractivity (Wildman–Crippen MR) is 86.8 cm³/mol. The van der Waals surface area contributed by atoms with Crippen LogP contribution in [0.3, 0.4) is 0 Å². The molecule has 6 heteroatoms. The number of rotatable bonds is 3. The number of benzene rings is 2. The second-order valence-corrected chi connectivity index (χ2v) is 5.45. The van der Waals surface area contributed by atoms with Crippen molar-refractivity contribution in [1.82, 2.24) is 9.97 Å². The Hall–Kier alpha value is -2.34. The van der Waals surface area contributed by atoms with E-state index in [0.717, 1.165) is 10.0 Å². The van der Waals surface area contributed by atoms with Gasteiger partial charge in [-0.2, -0.15) is 4.98 Å². The van der Waals surface area contributed by atoms with Gasteiger partial charge in [0.05, 0.1) is 10.9 Å². The molecule has 0 spiro atoms. The Kier molecular flexibility index (Phi) is 3.62. The highest BCUT2D eigenvalue weighted by Gasteiger charge is 2.09. The Bertz CT molecular complexity index is 807. The van der Waals surface area contributed by atoms with E-state index < -0.39 is 0 Å². The van der Waals surface area contributed by atoms with Crippen LogP contribution >= 0.6 is 15.9 Å². The molecule has 3 rings (SSSR count). The Labute approximate surface area is 130 Å². The summed E-state index contributed by atoms with van der Waals surface area (Å²) >= 11 is 3.44. The number of ether oxygens (including phenoxy) is 1. The molecule has 2 aromatic carbocycles. The standard InChI is InChI=1S/C15H13BrN4O/c16-10-4-1-3-9(7-10)8-21-12-6-2-5-11-13(12)14(17)20-15(18)19-11/h1-7H,8H2,(H4,17,18,19,20). The summed E-state index contributed by atoms with van der Waals surface area (Å²) in [5, 5.41) is 0.682. The summed E-state index contributed by atoms with van der Waals surface area (Å²) in [6, 6.07) is 13.5. The van der Waals surface area contributed by atoms with Crippen LogP contribution in [0.2, 0.25) is 0 Å². The summed E-state index contributed by atoms with van der Waals surface area (Å²) in [6.07, 6.45) is 0. The van der Waals surface area contributed by atoms with E-state index in [4.69, 9.17) is 16.2 Å². The van der Waals surface area contributed by atoms with E-state index in [2.05, 4.69) is 25.9 Å². The fraction of sp³-hybridized carbons (Fsp3) is 0.0667. The van der Waals surface area contributed by atoms with Crippen LogP contribution in [0.15, 0.2) is 46.9 Å². The molecular formula is C15H13BrN4O. The van der Waals surface area contributed by atoms with Crippen LogP contribution in [-0.4, -0.2) is 9.97 Å². The molecular weight excluding hydrogens is 332 g/mol. The van der Waals surface area contributed by atoms with E-state index in [1.165, 1.54) is 0 Å². The molecule has 0 fully saturated rings. The molecule has 0 radical (unpaired) electrons. The van der Waals surface area contributed by atoms with Gasteiger partial charge in [0, 0.05) is 4.47 Å². The number of anilines is 2. The molecule has 106 valence electrons. The van der Waals surface area contributed by atoms with Crippen molar-refractivity contribution in [2.45, 2.75) is 6.61 Å². The van der Waals surface area contributed by atoms with Gasteiger partial charge in [-0.05, 0) is 29.8 Å². The Morgan fingerprint density at radius 2 is 1.86 bits per heavy atom. The van der Waals surface area contributed by atoms with E-state index in [9.17, 15) is 0 Å². The molecule has 0 bridgehead atoms. The maximum Gasteiger partial charge on any atom is 0.222 e. The topological polar surface area (TPSA) is 87.0 Å². The highest BCUT2D eigenvalue weighted by molar-refractivity contribution is 9.10. The molecule has 0 aliphatic rings. The van der Waals surface area contributed by atoms with Crippen molar-refractivity contribution in [2.24, 2.45) is 0 Å². The second kappa shape index (κ2) is 5.57. The van der Waals surface area contributed by atoms with E-state index in [0.29, 0.717) is 29.1 Å². The molecule has 21 heavy (non-hydrogen) atoms. The Morgan fingerprint density at radius 1 is 1.05 bits per heavy atom. The summed E-state index contributed by atoms with van der Waals surface area (Å²) in [6.45, 7) is 0.433. The zero-order valence-corrected chi connectivity index (χ0v) is 12.7. The largest absolute Gasteiger partial charge is 0.488 e. The molecule has 0 aliphatic heterocycles. The van der Waals surface area contributed by atoms with Crippen LogP contribution < -0.4 is 16.2 Å². The van der Waals surface area contributed by atoms with Gasteiger partial charge in [-0.1, -0.05) is 34.1 Å². The minimum atomic E-state index is 0.157. The zero-order chi connectivity index (χ0) is 14.8. The van der Waals surface area contributed by atoms with Gasteiger partial charge in [-0.25, -0.2) is 4.98 Å². The number of hydrogen-bond donors (Lipinski definition) is 2. The first-order chi connectivity index (χ1) is 10.1. The predicted octanol–water partition coefficient (Wildman–Crippen LogP) is 3.14. The number of halogens is 1. The molecule has 3 aromatic rings. The Morgan fingerprint density at radius 3 is 2.67 bits per heavy atom. The lowest BCUT2D eigenvalue weighted by atomic mass is 10.2. The molecule has 0 aliphatic carbocycles. The first kappa shape index (κ1) is 13.6. The lowest BCUT2D eigenvalue weighted by Gasteiger charge is -2.11. The SMILES string of the molecule is Nc1nc(N)c2c(OCc3cccc(Br)c3)cccc2n1. The van der Waals surface area contributed by atoms with Crippen LogP contribution in [0.5, 0.6) is 5.75 Å². The first-order valence-corrected chi connectivity index (χ1v) is 7.12. The second-order valence-electron chi connectivity index (χ2n) is 4.54. The van der Waals surface area contributed by atoms with Gasteiger partial charge in [-0.3, -0.25) is 0 Å². The van der Waals surface area contributed by atoms with Crippen molar-refractivity contribution in [2.75, 3.05) is 11.5 Å². The minimum Gasteiger partial charge on any atom is -0.488 e. The highest BCUT2D eigenvalue weighted by atomic mass is 79.9. The summed E-state index contributed by atoms with van der Waals surface area (Å²) in [5.74, 6) is 1.12. The lowest BCUT2D eigenvalue weighted by Crippen LogP contribution is -2.03. The zero-order valence-electron chi connectivity index (χ0n) is 11.1. The quantitative estimate of drug-likeness (QED) is 0.762. The van der Waals surface area contributed by atoms with Gasteiger partial charge in [0.1, 0.15) is 18.2 Å². The number of nitrogens with zero attached hydrogens (tertiary/aromatic N) is 2. The third kappa shape index (κ3) is 2.90. The molecule has 0 saturated heterocycles. The van der Waals surface area contributed by atoms with E-state index >= 15 is 0 Å². The van der Waals surface area contributed by atoms with Gasteiger partial charge in [0.25, 0.3) is 0 Å². The van der Waals surface area contributed by atoms with Gasteiger partial charge >= 0.3 is 0 Å². The van der Waals surface area contributed by atoms with Crippen LogP contribution in [0.4, 0.5) is 11.8 Å². The van der Waals surface area contributed by atoms with Gasteiger partial charge in [0.2, 0.25) is 5.95 Å². The average molecular weight is 345 g/mol. The van der Waals surface area contributed by atoms with Crippen LogP contribution in [-0.2, 0) is 6.61 Å². The van der Waals surface area contributed by atoms with Crippen molar-refractivity contribution in [1.29, 1.82) is 0 Å². The number of fused-ring (bicyclic) bond motifs is 1. The number of nitrogens with two attached hydrogens (primary N) is 2. The molecule has 4 N–H and O–H groups in total. The van der Waals surface area contributed by atoms with Gasteiger partial charge < -0.3 is 16.2 Å². The normalized spacial score (nSPS) is 10.7. The van der Waals surface area contributed by atoms with E-state index in [-0.39, 0.29) is 5.95 Å². The molecule has 0 amide bonds. The molecule has 1 heterocycles. The highest BCUT2D eigenvalue weighted by Crippen LogP contribution is 2.29. The molecule has 1 aromatic heterocycles. The number of aromatic nitrogens is 2. The Balaban J connectivity index is 1.94. The monoisotopic (exact) mass is 344 g/mol. The fourth-order valence-electron chi connectivity index (χ4n) is 2.11. The third-order valence-corrected chi connectivity index (χ3v) is 3.51. The molecule has 0 saturated carbocycles. The fourth-order valence-corrected chi connectivity index (χ4v) is 2.55. The van der Waals surface area contributed by atoms with Crippen LogP contribution in [0, 0.1) is 0 Å². The minimum absolute atomic E-state index is 0.157. The maximum absolute atomic E-state index is 5.93. The summed E-state index contributed by atoms with van der Waals surface area (Å²) in [7, 11) is 0. The van der Waals surface area contributed by atoms with Crippen LogP contribution in [0.1, 0.15) is 5.56 Å². The van der Waals surface area contributed by atoms with Gasteiger partial charge in [-0.15, -0.1) is 0 Å². The molecule has 0 atom stereocenters. The first-order valence-electron chi connectivity index (χ1n) is 6.32. The van der Waals surface area contributed by atoms with Crippen molar-refractivity contribution < 1.29 is 4.74 Å².